The topological polar surface area (TPSA) is 82.6 Å². The largest absolute Gasteiger partial charge is 0.357 e. The molecule has 3 N–H and O–H groups in total. The highest BCUT2D eigenvalue weighted by atomic mass is 127. The van der Waals surface area contributed by atoms with Crippen LogP contribution in [0.4, 0.5) is 4.39 Å². The fraction of sp³-hybridized carbons (Fsp3) is 0.435. The number of benzene rings is 2. The van der Waals surface area contributed by atoms with E-state index < -0.39 is 10.0 Å². The molecule has 0 aromatic heterocycles. The first-order valence-corrected chi connectivity index (χ1v) is 12.1. The molecule has 6 nitrogen and oxygen atoms in total. The Balaban J connectivity index is 0.00000363. The minimum Gasteiger partial charge on any atom is -0.357 e. The van der Waals surface area contributed by atoms with Crippen molar-refractivity contribution in [1.82, 2.24) is 15.4 Å². The van der Waals surface area contributed by atoms with Crippen molar-refractivity contribution in [2.75, 3.05) is 13.1 Å². The molecule has 3 rings (SSSR count). The fourth-order valence-corrected chi connectivity index (χ4v) is 4.40. The molecule has 0 saturated heterocycles. The SMILES string of the molecule is CCNC(=NCc1ccc(S(=O)(=O)NC2CC2)cc1)NCC(C)(C)c1cccc(F)c1.I. The molecule has 176 valence electrons. The molecular formula is C23H32FIN4O2S. The number of nitrogens with zero attached hydrogens (tertiary/aromatic N) is 1. The molecule has 1 aliphatic carbocycles. The first kappa shape index (κ1) is 26.5. The van der Waals surface area contributed by atoms with Gasteiger partial charge in [0, 0.05) is 24.5 Å². The minimum atomic E-state index is -3.45. The third-order valence-electron chi connectivity index (χ3n) is 5.20. The summed E-state index contributed by atoms with van der Waals surface area (Å²) in [6.07, 6.45) is 1.81. The monoisotopic (exact) mass is 574 g/mol. The molecule has 1 fully saturated rings. The van der Waals surface area contributed by atoms with Gasteiger partial charge >= 0.3 is 0 Å². The second-order valence-corrected chi connectivity index (χ2v) is 10.2. The van der Waals surface area contributed by atoms with Gasteiger partial charge in [-0.2, -0.15) is 0 Å². The molecule has 9 heteroatoms. The van der Waals surface area contributed by atoms with E-state index in [-0.39, 0.29) is 46.1 Å². The fourth-order valence-electron chi connectivity index (χ4n) is 3.09. The lowest BCUT2D eigenvalue weighted by atomic mass is 9.84. The normalized spacial score (nSPS) is 14.6. The van der Waals surface area contributed by atoms with Gasteiger partial charge in [0.15, 0.2) is 5.96 Å². The second kappa shape index (κ2) is 11.4. The maximum absolute atomic E-state index is 13.6. The van der Waals surface area contributed by atoms with Gasteiger partial charge in [-0.15, -0.1) is 24.0 Å². The van der Waals surface area contributed by atoms with Gasteiger partial charge in [-0.1, -0.05) is 38.1 Å². The Morgan fingerprint density at radius 1 is 1.12 bits per heavy atom. The van der Waals surface area contributed by atoms with Crippen LogP contribution in [0.1, 0.15) is 44.7 Å². The number of aliphatic imine (C=N–C) groups is 1. The predicted molar refractivity (Wildman–Crippen MR) is 137 cm³/mol. The Labute approximate surface area is 207 Å². The lowest BCUT2D eigenvalue weighted by molar-refractivity contribution is 0.503. The number of guanidine groups is 1. The summed E-state index contributed by atoms with van der Waals surface area (Å²) in [5.41, 5.74) is 1.53. The summed E-state index contributed by atoms with van der Waals surface area (Å²) in [5.74, 6) is 0.406. The average molecular weight is 575 g/mol. The Kier molecular flexibility index (Phi) is 9.47. The molecule has 0 atom stereocenters. The molecule has 32 heavy (non-hydrogen) atoms. The zero-order valence-electron chi connectivity index (χ0n) is 18.7. The maximum Gasteiger partial charge on any atom is 0.240 e. The molecule has 0 unspecified atom stereocenters. The molecule has 0 radical (unpaired) electrons. The standard InChI is InChI=1S/C23H31FN4O2S.HI/c1-4-25-22(27-16-23(2,3)18-6-5-7-19(24)14-18)26-15-17-8-12-21(13-9-17)31(29,30)28-20-10-11-20;/h5-9,12-14,20,28H,4,10-11,15-16H2,1-3H3,(H2,25,26,27);1H. The molecule has 0 heterocycles. The Morgan fingerprint density at radius 3 is 2.41 bits per heavy atom. The van der Waals surface area contributed by atoms with Crippen LogP contribution in [-0.4, -0.2) is 33.5 Å². The van der Waals surface area contributed by atoms with Crippen molar-refractivity contribution in [2.24, 2.45) is 4.99 Å². The van der Waals surface area contributed by atoms with Gasteiger partial charge in [-0.05, 0) is 55.2 Å². The predicted octanol–water partition coefficient (Wildman–Crippen LogP) is 3.92. The summed E-state index contributed by atoms with van der Waals surface area (Å²) < 4.78 is 40.8. The summed E-state index contributed by atoms with van der Waals surface area (Å²) in [6.45, 7) is 7.77. The summed E-state index contributed by atoms with van der Waals surface area (Å²) in [7, 11) is -3.45. The van der Waals surface area contributed by atoms with Crippen LogP contribution < -0.4 is 15.4 Å². The van der Waals surface area contributed by atoms with Crippen molar-refractivity contribution in [2.45, 2.75) is 56.5 Å². The second-order valence-electron chi connectivity index (χ2n) is 8.48. The van der Waals surface area contributed by atoms with Gasteiger partial charge < -0.3 is 10.6 Å². The molecule has 1 saturated carbocycles. The van der Waals surface area contributed by atoms with E-state index in [0.717, 1.165) is 24.0 Å². The van der Waals surface area contributed by atoms with E-state index >= 15 is 0 Å². The first-order chi connectivity index (χ1) is 14.7. The lowest BCUT2D eigenvalue weighted by Gasteiger charge is -2.27. The van der Waals surface area contributed by atoms with Crippen LogP contribution in [0.5, 0.6) is 0 Å². The summed E-state index contributed by atoms with van der Waals surface area (Å²) in [6, 6.07) is 13.5. The van der Waals surface area contributed by atoms with E-state index in [1.54, 1.807) is 36.4 Å². The zero-order valence-corrected chi connectivity index (χ0v) is 21.8. The number of hydrogen-bond donors (Lipinski definition) is 3. The molecule has 2 aromatic carbocycles. The summed E-state index contributed by atoms with van der Waals surface area (Å²) in [5, 5.41) is 6.54. The van der Waals surface area contributed by atoms with Gasteiger partial charge in [-0.25, -0.2) is 22.5 Å². The zero-order chi connectivity index (χ0) is 22.5. The van der Waals surface area contributed by atoms with Gasteiger partial charge in [-0.3, -0.25) is 0 Å². The number of halogens is 2. The highest BCUT2D eigenvalue weighted by Crippen LogP contribution is 2.23. The van der Waals surface area contributed by atoms with Crippen molar-refractivity contribution in [3.05, 3.63) is 65.5 Å². The Morgan fingerprint density at radius 2 is 1.81 bits per heavy atom. The molecule has 1 aliphatic rings. The van der Waals surface area contributed by atoms with Gasteiger partial charge in [0.25, 0.3) is 0 Å². The molecule has 0 amide bonds. The van der Waals surface area contributed by atoms with E-state index in [0.29, 0.717) is 25.6 Å². The smallest absolute Gasteiger partial charge is 0.240 e. The average Bonchev–Trinajstić information content (AvgIpc) is 3.54. The first-order valence-electron chi connectivity index (χ1n) is 10.6. The summed E-state index contributed by atoms with van der Waals surface area (Å²) >= 11 is 0. The van der Waals surface area contributed by atoms with E-state index in [4.69, 9.17) is 0 Å². The summed E-state index contributed by atoms with van der Waals surface area (Å²) in [4.78, 5) is 4.88. The van der Waals surface area contributed by atoms with Crippen LogP contribution >= 0.6 is 24.0 Å². The van der Waals surface area contributed by atoms with Crippen LogP contribution in [0.3, 0.4) is 0 Å². The number of nitrogens with one attached hydrogen (secondary N) is 3. The molecule has 0 bridgehead atoms. The van der Waals surface area contributed by atoms with Crippen molar-refractivity contribution in [3.63, 3.8) is 0 Å². The Hall–Kier alpha value is -1.72. The van der Waals surface area contributed by atoms with Gasteiger partial charge in [0.2, 0.25) is 10.0 Å². The van der Waals surface area contributed by atoms with E-state index in [1.807, 2.05) is 26.8 Å². The van der Waals surface area contributed by atoms with Crippen LogP contribution in [0.25, 0.3) is 0 Å². The third kappa shape index (κ3) is 7.70. The third-order valence-corrected chi connectivity index (χ3v) is 6.74. The van der Waals surface area contributed by atoms with Crippen LogP contribution in [0.15, 0.2) is 58.4 Å². The highest BCUT2D eigenvalue weighted by molar-refractivity contribution is 14.0. The van der Waals surface area contributed by atoms with Crippen LogP contribution in [0, 0.1) is 5.82 Å². The maximum atomic E-state index is 13.6. The molecule has 0 spiro atoms. The lowest BCUT2D eigenvalue weighted by Crippen LogP contribution is -2.43. The van der Waals surface area contributed by atoms with E-state index in [2.05, 4.69) is 20.3 Å². The highest BCUT2D eigenvalue weighted by Gasteiger charge is 2.27. The minimum absolute atomic E-state index is 0. The number of hydrogen-bond acceptors (Lipinski definition) is 3. The van der Waals surface area contributed by atoms with Gasteiger partial charge in [0.05, 0.1) is 11.4 Å². The number of sulfonamides is 1. The van der Waals surface area contributed by atoms with Crippen LogP contribution in [-0.2, 0) is 22.0 Å². The van der Waals surface area contributed by atoms with E-state index in [1.165, 1.54) is 6.07 Å². The molecular weight excluding hydrogens is 542 g/mol. The van der Waals surface area contributed by atoms with Crippen molar-refractivity contribution in [3.8, 4) is 0 Å². The molecule has 0 aliphatic heterocycles. The Bertz CT molecular complexity index is 1020. The number of rotatable bonds is 9. The molecule has 2 aromatic rings. The van der Waals surface area contributed by atoms with Gasteiger partial charge in [0.1, 0.15) is 5.82 Å². The van der Waals surface area contributed by atoms with Crippen molar-refractivity contribution < 1.29 is 12.8 Å². The van der Waals surface area contributed by atoms with E-state index in [9.17, 15) is 12.8 Å². The van der Waals surface area contributed by atoms with Crippen molar-refractivity contribution >= 4 is 40.0 Å². The van der Waals surface area contributed by atoms with Crippen molar-refractivity contribution in [1.29, 1.82) is 0 Å². The van der Waals surface area contributed by atoms with Crippen LogP contribution in [0.2, 0.25) is 0 Å². The quantitative estimate of drug-likeness (QED) is 0.241.